The molecule has 0 atom stereocenters. The van der Waals surface area contributed by atoms with Gasteiger partial charge in [-0.15, -0.1) is 0 Å². The number of benzene rings is 2. The second kappa shape index (κ2) is 5.89. The molecular weight excluding hydrogens is 350 g/mol. The van der Waals surface area contributed by atoms with Crippen molar-refractivity contribution in [3.05, 3.63) is 93.0 Å². The van der Waals surface area contributed by atoms with E-state index in [-0.39, 0.29) is 16.5 Å². The van der Waals surface area contributed by atoms with Crippen LogP contribution in [0.2, 0.25) is 0 Å². The van der Waals surface area contributed by atoms with E-state index in [2.05, 4.69) is 4.98 Å². The summed E-state index contributed by atoms with van der Waals surface area (Å²) < 4.78 is 3.26. The Bertz CT molecular complexity index is 1510. The fourth-order valence-electron chi connectivity index (χ4n) is 3.77. The van der Waals surface area contributed by atoms with Gasteiger partial charge < -0.3 is 4.57 Å². The van der Waals surface area contributed by atoms with E-state index in [1.807, 2.05) is 67.6 Å². The van der Waals surface area contributed by atoms with Crippen molar-refractivity contribution in [2.75, 3.05) is 0 Å². The van der Waals surface area contributed by atoms with E-state index in [1.165, 1.54) is 4.40 Å². The standard InChI is InChI=1S/C23H17N3O2/c1-14-8-9-18-17(12-14)22(27)20-21(25(18)2)23(28)26-11-10-16(13-19(26)24-20)15-6-4-3-5-7-15/h3-13H,1-2H3. The third-order valence-electron chi connectivity index (χ3n) is 5.22. The first-order chi connectivity index (χ1) is 13.5. The molecule has 0 bridgehead atoms. The maximum atomic E-state index is 13.2. The molecule has 5 nitrogen and oxygen atoms in total. The van der Waals surface area contributed by atoms with Crippen LogP contribution in [0.1, 0.15) is 5.56 Å². The molecule has 5 aromatic rings. The van der Waals surface area contributed by atoms with Crippen LogP contribution in [0, 0.1) is 6.92 Å². The van der Waals surface area contributed by atoms with Crippen LogP contribution in [-0.4, -0.2) is 14.0 Å². The molecule has 0 spiro atoms. The molecule has 3 aromatic heterocycles. The van der Waals surface area contributed by atoms with Crippen molar-refractivity contribution in [3.8, 4) is 11.1 Å². The van der Waals surface area contributed by atoms with E-state index >= 15 is 0 Å². The molecule has 2 aromatic carbocycles. The number of rotatable bonds is 1. The predicted octanol–water partition coefficient (Wildman–Crippen LogP) is 3.68. The van der Waals surface area contributed by atoms with Crippen LogP contribution in [0.4, 0.5) is 0 Å². The largest absolute Gasteiger partial charge is 0.338 e. The first-order valence-corrected chi connectivity index (χ1v) is 9.05. The summed E-state index contributed by atoms with van der Waals surface area (Å²) in [5.74, 6) is 0. The summed E-state index contributed by atoms with van der Waals surface area (Å²) in [5, 5.41) is 0.575. The fraction of sp³-hybridized carbons (Fsp3) is 0.0870. The third kappa shape index (κ3) is 2.29. The van der Waals surface area contributed by atoms with Crippen molar-refractivity contribution in [2.45, 2.75) is 6.92 Å². The summed E-state index contributed by atoms with van der Waals surface area (Å²) >= 11 is 0. The molecule has 5 rings (SSSR count). The first-order valence-electron chi connectivity index (χ1n) is 9.05. The van der Waals surface area contributed by atoms with Gasteiger partial charge in [0.1, 0.15) is 16.7 Å². The minimum atomic E-state index is -0.248. The zero-order valence-corrected chi connectivity index (χ0v) is 15.5. The Morgan fingerprint density at radius 3 is 2.46 bits per heavy atom. The Morgan fingerprint density at radius 2 is 1.68 bits per heavy atom. The van der Waals surface area contributed by atoms with Crippen LogP contribution in [-0.2, 0) is 7.05 Å². The van der Waals surface area contributed by atoms with Gasteiger partial charge in [-0.1, -0.05) is 42.0 Å². The van der Waals surface area contributed by atoms with Gasteiger partial charge in [-0.2, -0.15) is 0 Å². The number of nitrogens with zero attached hydrogens (tertiary/aromatic N) is 3. The van der Waals surface area contributed by atoms with Gasteiger partial charge in [0.2, 0.25) is 5.43 Å². The average molecular weight is 367 g/mol. The normalized spacial score (nSPS) is 11.5. The second-order valence-electron chi connectivity index (χ2n) is 7.03. The average Bonchev–Trinajstić information content (AvgIpc) is 2.72. The van der Waals surface area contributed by atoms with Crippen molar-refractivity contribution < 1.29 is 0 Å². The summed E-state index contributed by atoms with van der Waals surface area (Å²) in [6.07, 6.45) is 1.72. The number of aryl methyl sites for hydroxylation is 2. The molecule has 0 unspecified atom stereocenters. The van der Waals surface area contributed by atoms with Crippen molar-refractivity contribution in [3.63, 3.8) is 0 Å². The topological polar surface area (TPSA) is 56.4 Å². The highest BCUT2D eigenvalue weighted by Crippen LogP contribution is 2.21. The van der Waals surface area contributed by atoms with Crippen LogP contribution in [0.25, 0.3) is 38.7 Å². The van der Waals surface area contributed by atoms with Crippen molar-refractivity contribution >= 4 is 27.6 Å². The van der Waals surface area contributed by atoms with Crippen LogP contribution in [0.15, 0.2) is 76.4 Å². The molecule has 0 saturated heterocycles. The van der Waals surface area contributed by atoms with E-state index < -0.39 is 0 Å². The summed E-state index contributed by atoms with van der Waals surface area (Å²) in [4.78, 5) is 30.9. The quantitative estimate of drug-likeness (QED) is 0.425. The third-order valence-corrected chi connectivity index (χ3v) is 5.22. The molecule has 136 valence electrons. The van der Waals surface area contributed by atoms with Crippen molar-refractivity contribution in [1.29, 1.82) is 0 Å². The molecule has 0 saturated carbocycles. The van der Waals surface area contributed by atoms with Gasteiger partial charge in [-0.05, 0) is 42.3 Å². The highest BCUT2D eigenvalue weighted by atomic mass is 16.1. The van der Waals surface area contributed by atoms with Gasteiger partial charge in [0.15, 0.2) is 0 Å². The molecular formula is C23H17N3O2. The number of aromatic nitrogens is 3. The van der Waals surface area contributed by atoms with Gasteiger partial charge in [0.25, 0.3) is 5.56 Å². The SMILES string of the molecule is Cc1ccc2c(c1)c(=O)c1nc3cc(-c4ccccc4)ccn3c(=O)c1n2C. The number of fused-ring (bicyclic) bond motifs is 3. The lowest BCUT2D eigenvalue weighted by Crippen LogP contribution is -2.23. The molecule has 0 aliphatic carbocycles. The molecule has 3 heterocycles. The molecule has 0 fully saturated rings. The lowest BCUT2D eigenvalue weighted by molar-refractivity contribution is 0.961. The van der Waals surface area contributed by atoms with E-state index in [0.717, 1.165) is 22.2 Å². The molecule has 0 N–H and O–H groups in total. The summed E-state index contributed by atoms with van der Waals surface area (Å²) in [6.45, 7) is 1.94. The highest BCUT2D eigenvalue weighted by molar-refractivity contribution is 5.92. The Balaban J connectivity index is 1.93. The zero-order chi connectivity index (χ0) is 19.4. The van der Waals surface area contributed by atoms with Crippen LogP contribution >= 0.6 is 0 Å². The van der Waals surface area contributed by atoms with E-state index in [9.17, 15) is 9.59 Å². The Hall–Kier alpha value is -3.73. The minimum absolute atomic E-state index is 0.204. The monoisotopic (exact) mass is 367 g/mol. The van der Waals surface area contributed by atoms with Crippen molar-refractivity contribution in [1.82, 2.24) is 14.0 Å². The maximum absolute atomic E-state index is 13.2. The molecule has 0 radical (unpaired) electrons. The maximum Gasteiger partial charge on any atom is 0.282 e. The van der Waals surface area contributed by atoms with Gasteiger partial charge in [0, 0.05) is 18.6 Å². The lowest BCUT2D eigenvalue weighted by atomic mass is 10.1. The van der Waals surface area contributed by atoms with Gasteiger partial charge >= 0.3 is 0 Å². The van der Waals surface area contributed by atoms with Gasteiger partial charge in [-0.3, -0.25) is 14.0 Å². The number of hydrogen-bond acceptors (Lipinski definition) is 3. The van der Waals surface area contributed by atoms with E-state index in [0.29, 0.717) is 16.6 Å². The van der Waals surface area contributed by atoms with Gasteiger partial charge in [0.05, 0.1) is 5.52 Å². The molecule has 5 heteroatoms. The van der Waals surface area contributed by atoms with Crippen LogP contribution in [0.3, 0.4) is 0 Å². The van der Waals surface area contributed by atoms with E-state index in [4.69, 9.17) is 0 Å². The molecule has 0 aliphatic rings. The predicted molar refractivity (Wildman–Crippen MR) is 112 cm³/mol. The second-order valence-corrected chi connectivity index (χ2v) is 7.03. The summed E-state index contributed by atoms with van der Waals surface area (Å²) in [5.41, 5.74) is 4.21. The summed E-state index contributed by atoms with van der Waals surface area (Å²) in [7, 11) is 1.80. The van der Waals surface area contributed by atoms with Crippen LogP contribution in [0.5, 0.6) is 0 Å². The Kier molecular flexibility index (Phi) is 3.46. The number of pyridine rings is 2. The highest BCUT2D eigenvalue weighted by Gasteiger charge is 2.15. The lowest BCUT2D eigenvalue weighted by Gasteiger charge is -2.12. The zero-order valence-electron chi connectivity index (χ0n) is 15.5. The fourth-order valence-corrected chi connectivity index (χ4v) is 3.77. The Morgan fingerprint density at radius 1 is 0.893 bits per heavy atom. The minimum Gasteiger partial charge on any atom is -0.338 e. The van der Waals surface area contributed by atoms with E-state index in [1.54, 1.807) is 17.8 Å². The summed E-state index contributed by atoms with van der Waals surface area (Å²) in [6, 6.07) is 19.3. The van der Waals surface area contributed by atoms with Crippen molar-refractivity contribution in [2.24, 2.45) is 7.05 Å². The Labute approximate surface area is 160 Å². The first kappa shape index (κ1) is 16.4. The van der Waals surface area contributed by atoms with Crippen LogP contribution < -0.4 is 11.0 Å². The molecule has 0 aliphatic heterocycles. The smallest absolute Gasteiger partial charge is 0.282 e. The van der Waals surface area contributed by atoms with Gasteiger partial charge in [-0.25, -0.2) is 4.98 Å². The number of hydrogen-bond donors (Lipinski definition) is 0. The molecule has 0 amide bonds. The molecule has 28 heavy (non-hydrogen) atoms.